The number of amides is 1. The molecule has 0 spiro atoms. The number of likely N-dealkylation sites (tertiary alicyclic amines) is 1. The lowest BCUT2D eigenvalue weighted by Gasteiger charge is -2.24. The van der Waals surface area contributed by atoms with Crippen molar-refractivity contribution in [2.24, 2.45) is 5.92 Å². The van der Waals surface area contributed by atoms with Crippen molar-refractivity contribution in [3.05, 3.63) is 35.4 Å². The molecule has 4 nitrogen and oxygen atoms in total. The van der Waals surface area contributed by atoms with E-state index in [1.807, 2.05) is 11.0 Å². The van der Waals surface area contributed by atoms with Crippen molar-refractivity contribution in [3.8, 4) is 0 Å². The van der Waals surface area contributed by atoms with E-state index >= 15 is 0 Å². The molecule has 1 aromatic carbocycles. The highest BCUT2D eigenvalue weighted by Crippen LogP contribution is 2.26. The molecule has 1 aliphatic rings. The standard InChI is InChI=1S/C18H26N2O2/c1-5-8-14-11-20(12-17(14)19(3)4)18(22)16-10-7-6-9-15(16)13(2)21/h6-7,9-10,14,17H,5,8,11-12H2,1-4H3/t14-,17-/m1/s1. The maximum absolute atomic E-state index is 12.8. The fraction of sp³-hybridized carbons (Fsp3) is 0.556. The van der Waals surface area contributed by atoms with Crippen LogP contribution in [0.5, 0.6) is 0 Å². The Morgan fingerprint density at radius 1 is 1.18 bits per heavy atom. The van der Waals surface area contributed by atoms with E-state index in [2.05, 4.69) is 25.9 Å². The SMILES string of the molecule is CCC[C@@H]1CN(C(=O)c2ccccc2C(C)=O)C[C@H]1N(C)C. The maximum Gasteiger partial charge on any atom is 0.254 e. The normalized spacial score (nSPS) is 21.4. The molecule has 22 heavy (non-hydrogen) atoms. The zero-order chi connectivity index (χ0) is 16.3. The van der Waals surface area contributed by atoms with Gasteiger partial charge in [-0.3, -0.25) is 9.59 Å². The van der Waals surface area contributed by atoms with Gasteiger partial charge in [0.05, 0.1) is 5.56 Å². The van der Waals surface area contributed by atoms with Crippen molar-refractivity contribution in [1.29, 1.82) is 0 Å². The molecule has 1 saturated heterocycles. The number of nitrogens with zero attached hydrogens (tertiary/aromatic N) is 2. The van der Waals surface area contributed by atoms with Crippen molar-refractivity contribution in [3.63, 3.8) is 0 Å². The Balaban J connectivity index is 2.22. The van der Waals surface area contributed by atoms with Crippen molar-refractivity contribution >= 4 is 11.7 Å². The average Bonchev–Trinajstić information content (AvgIpc) is 2.91. The molecule has 120 valence electrons. The summed E-state index contributed by atoms with van der Waals surface area (Å²) in [7, 11) is 4.15. The van der Waals surface area contributed by atoms with E-state index in [1.165, 1.54) is 6.92 Å². The molecule has 1 aliphatic heterocycles. The van der Waals surface area contributed by atoms with Gasteiger partial charge in [-0.05, 0) is 39.4 Å². The second-order valence-electron chi connectivity index (χ2n) is 6.39. The second kappa shape index (κ2) is 7.05. The van der Waals surface area contributed by atoms with Gasteiger partial charge in [-0.15, -0.1) is 0 Å². The summed E-state index contributed by atoms with van der Waals surface area (Å²) in [6.45, 7) is 5.21. The number of rotatable bonds is 5. The first kappa shape index (κ1) is 16.7. The average molecular weight is 302 g/mol. The number of hydrogen-bond donors (Lipinski definition) is 0. The Hall–Kier alpha value is -1.68. The summed E-state index contributed by atoms with van der Waals surface area (Å²) in [5.74, 6) is 0.433. The maximum atomic E-state index is 12.8. The third kappa shape index (κ3) is 3.38. The first-order valence-corrected chi connectivity index (χ1v) is 8.01. The molecule has 1 amide bonds. The zero-order valence-corrected chi connectivity index (χ0v) is 14.0. The molecule has 1 fully saturated rings. The number of hydrogen-bond acceptors (Lipinski definition) is 3. The Morgan fingerprint density at radius 3 is 2.36 bits per heavy atom. The third-order valence-electron chi connectivity index (χ3n) is 4.55. The van der Waals surface area contributed by atoms with Gasteiger partial charge in [-0.2, -0.15) is 0 Å². The van der Waals surface area contributed by atoms with Crippen LogP contribution >= 0.6 is 0 Å². The Labute approximate surface area is 133 Å². The van der Waals surface area contributed by atoms with Crippen LogP contribution in [0.2, 0.25) is 0 Å². The first-order chi connectivity index (χ1) is 10.5. The number of benzene rings is 1. The summed E-state index contributed by atoms with van der Waals surface area (Å²) in [6.07, 6.45) is 2.25. The molecular formula is C18H26N2O2. The number of likely N-dealkylation sites (N-methyl/N-ethyl adjacent to an activating group) is 1. The minimum Gasteiger partial charge on any atom is -0.337 e. The van der Waals surface area contributed by atoms with Gasteiger partial charge < -0.3 is 9.80 Å². The first-order valence-electron chi connectivity index (χ1n) is 8.01. The summed E-state index contributed by atoms with van der Waals surface area (Å²) in [4.78, 5) is 28.7. The van der Waals surface area contributed by atoms with Crippen LogP contribution in [0.25, 0.3) is 0 Å². The van der Waals surface area contributed by atoms with Crippen LogP contribution in [0.4, 0.5) is 0 Å². The lowest BCUT2D eigenvalue weighted by atomic mass is 9.98. The summed E-state index contributed by atoms with van der Waals surface area (Å²) in [5, 5.41) is 0. The monoisotopic (exact) mass is 302 g/mol. The molecule has 0 aliphatic carbocycles. The predicted molar refractivity (Wildman–Crippen MR) is 88.2 cm³/mol. The lowest BCUT2D eigenvalue weighted by molar-refractivity contribution is 0.0775. The van der Waals surface area contributed by atoms with Gasteiger partial charge in [-0.1, -0.05) is 31.5 Å². The van der Waals surface area contributed by atoms with Crippen molar-refractivity contribution in [2.45, 2.75) is 32.7 Å². The molecule has 4 heteroatoms. The minimum absolute atomic E-state index is 0.0174. The van der Waals surface area contributed by atoms with Gasteiger partial charge in [0.25, 0.3) is 5.91 Å². The number of carbonyl (C=O) groups excluding carboxylic acids is 2. The van der Waals surface area contributed by atoms with Gasteiger partial charge in [0, 0.05) is 24.7 Å². The van der Waals surface area contributed by atoms with Crippen LogP contribution in [0.1, 0.15) is 47.4 Å². The van der Waals surface area contributed by atoms with Gasteiger partial charge in [0.1, 0.15) is 0 Å². The van der Waals surface area contributed by atoms with Crippen molar-refractivity contribution in [2.75, 3.05) is 27.2 Å². The molecule has 2 rings (SSSR count). The Kier molecular flexibility index (Phi) is 5.35. The van der Waals surface area contributed by atoms with E-state index in [-0.39, 0.29) is 11.7 Å². The fourth-order valence-electron chi connectivity index (χ4n) is 3.41. The van der Waals surface area contributed by atoms with Crippen molar-refractivity contribution < 1.29 is 9.59 Å². The topological polar surface area (TPSA) is 40.6 Å². The molecule has 0 radical (unpaired) electrons. The number of ketones is 1. The molecular weight excluding hydrogens is 276 g/mol. The molecule has 1 aromatic rings. The summed E-state index contributed by atoms with van der Waals surface area (Å²) in [6, 6.07) is 7.52. The largest absolute Gasteiger partial charge is 0.337 e. The molecule has 0 N–H and O–H groups in total. The highest BCUT2D eigenvalue weighted by molar-refractivity contribution is 6.07. The van der Waals surface area contributed by atoms with E-state index < -0.39 is 0 Å². The van der Waals surface area contributed by atoms with Crippen LogP contribution in [0.15, 0.2) is 24.3 Å². The van der Waals surface area contributed by atoms with Gasteiger partial charge in [0.2, 0.25) is 0 Å². The highest BCUT2D eigenvalue weighted by Gasteiger charge is 2.36. The minimum atomic E-state index is -0.0579. The zero-order valence-electron chi connectivity index (χ0n) is 14.0. The Bertz CT molecular complexity index is 554. The molecule has 1 heterocycles. The third-order valence-corrected chi connectivity index (χ3v) is 4.55. The van der Waals surface area contributed by atoms with Crippen LogP contribution in [0.3, 0.4) is 0 Å². The molecule has 0 unspecified atom stereocenters. The van der Waals surface area contributed by atoms with E-state index in [1.54, 1.807) is 18.2 Å². The molecule has 2 atom stereocenters. The second-order valence-corrected chi connectivity index (χ2v) is 6.39. The summed E-state index contributed by atoms with van der Waals surface area (Å²) >= 11 is 0. The number of carbonyl (C=O) groups is 2. The summed E-state index contributed by atoms with van der Waals surface area (Å²) in [5.41, 5.74) is 1.05. The quantitative estimate of drug-likeness (QED) is 0.785. The highest BCUT2D eigenvalue weighted by atomic mass is 16.2. The lowest BCUT2D eigenvalue weighted by Crippen LogP contribution is -2.36. The molecule has 0 bridgehead atoms. The molecule has 0 saturated carbocycles. The van der Waals surface area contributed by atoms with Crippen LogP contribution in [-0.4, -0.2) is 54.7 Å². The van der Waals surface area contributed by atoms with Crippen LogP contribution in [0, 0.1) is 5.92 Å². The van der Waals surface area contributed by atoms with Crippen LogP contribution in [-0.2, 0) is 0 Å². The van der Waals surface area contributed by atoms with E-state index in [0.717, 1.165) is 25.9 Å². The van der Waals surface area contributed by atoms with Crippen molar-refractivity contribution in [1.82, 2.24) is 9.80 Å². The summed E-state index contributed by atoms with van der Waals surface area (Å²) < 4.78 is 0. The predicted octanol–water partition coefficient (Wildman–Crippen LogP) is 2.69. The van der Waals surface area contributed by atoms with Gasteiger partial charge >= 0.3 is 0 Å². The fourth-order valence-corrected chi connectivity index (χ4v) is 3.41. The van der Waals surface area contributed by atoms with Gasteiger partial charge in [-0.25, -0.2) is 0 Å². The van der Waals surface area contributed by atoms with E-state index in [4.69, 9.17) is 0 Å². The van der Waals surface area contributed by atoms with Crippen LogP contribution < -0.4 is 0 Å². The molecule has 0 aromatic heterocycles. The van der Waals surface area contributed by atoms with E-state index in [0.29, 0.717) is 23.1 Å². The smallest absolute Gasteiger partial charge is 0.254 e. The Morgan fingerprint density at radius 2 is 1.82 bits per heavy atom. The number of Topliss-reactive ketones (excluding diaryl/α,β-unsaturated/α-hetero) is 1. The van der Waals surface area contributed by atoms with E-state index in [9.17, 15) is 9.59 Å². The van der Waals surface area contributed by atoms with Gasteiger partial charge in [0.15, 0.2) is 5.78 Å².